The Kier molecular flexibility index (Phi) is 2.30. The van der Waals surface area contributed by atoms with Crippen molar-refractivity contribution in [1.29, 1.82) is 0 Å². The van der Waals surface area contributed by atoms with Gasteiger partial charge in [-0.15, -0.1) is 0 Å². The van der Waals surface area contributed by atoms with Gasteiger partial charge in [0.05, 0.1) is 11.7 Å². The van der Waals surface area contributed by atoms with E-state index in [1.807, 2.05) is 0 Å². The van der Waals surface area contributed by atoms with Crippen molar-refractivity contribution in [2.24, 2.45) is 22.7 Å². The Labute approximate surface area is 104 Å². The molecule has 0 aromatic carbocycles. The molecule has 3 aliphatic rings. The first-order chi connectivity index (χ1) is 7.77. The van der Waals surface area contributed by atoms with Crippen LogP contribution in [-0.4, -0.2) is 21.9 Å². The van der Waals surface area contributed by atoms with E-state index >= 15 is 0 Å². The molecule has 0 radical (unpaired) electrons. The lowest BCUT2D eigenvalue weighted by molar-refractivity contribution is -0.176. The molecule has 0 spiro atoms. The summed E-state index contributed by atoms with van der Waals surface area (Å²) in [5, 5.41) is 21.2. The van der Waals surface area contributed by atoms with Gasteiger partial charge in [-0.05, 0) is 61.2 Å². The van der Waals surface area contributed by atoms with E-state index in [4.69, 9.17) is 0 Å². The lowest BCUT2D eigenvalue weighted by atomic mass is 9.49. The SMILES string of the molecule is CC1(C)C[C@@H]2[C@H]1CC[C@]1(C)C[C@]2(O)CC[C@H]1O. The van der Waals surface area contributed by atoms with Gasteiger partial charge in [0.1, 0.15) is 0 Å². The Morgan fingerprint density at radius 2 is 1.71 bits per heavy atom. The maximum Gasteiger partial charge on any atom is 0.0686 e. The van der Waals surface area contributed by atoms with Gasteiger partial charge in [-0.3, -0.25) is 0 Å². The van der Waals surface area contributed by atoms with E-state index in [-0.39, 0.29) is 11.5 Å². The molecule has 3 aliphatic carbocycles. The molecule has 0 aromatic heterocycles. The molecule has 0 saturated heterocycles. The van der Waals surface area contributed by atoms with Gasteiger partial charge in [-0.2, -0.15) is 0 Å². The third-order valence-electron chi connectivity index (χ3n) is 6.32. The maximum atomic E-state index is 11.0. The summed E-state index contributed by atoms with van der Waals surface area (Å²) in [6.45, 7) is 6.86. The molecule has 3 fully saturated rings. The van der Waals surface area contributed by atoms with Crippen LogP contribution in [-0.2, 0) is 0 Å². The number of aliphatic hydroxyl groups is 2. The highest BCUT2D eigenvalue weighted by Crippen LogP contribution is 2.64. The summed E-state index contributed by atoms with van der Waals surface area (Å²) in [6.07, 6.45) is 5.65. The van der Waals surface area contributed by atoms with E-state index < -0.39 is 5.60 Å². The molecule has 3 rings (SSSR count). The molecular formula is C15H26O2. The zero-order valence-corrected chi connectivity index (χ0v) is 11.4. The van der Waals surface area contributed by atoms with Crippen LogP contribution in [0.25, 0.3) is 0 Å². The molecule has 2 bridgehead atoms. The van der Waals surface area contributed by atoms with Gasteiger partial charge in [-0.1, -0.05) is 20.8 Å². The van der Waals surface area contributed by atoms with E-state index in [0.29, 0.717) is 17.3 Å². The second-order valence-electron chi connectivity index (χ2n) is 7.93. The fourth-order valence-electron chi connectivity index (χ4n) is 5.10. The summed E-state index contributed by atoms with van der Waals surface area (Å²) in [5.74, 6) is 1.16. The van der Waals surface area contributed by atoms with Crippen molar-refractivity contribution in [3.05, 3.63) is 0 Å². The summed E-state index contributed by atoms with van der Waals surface area (Å²) >= 11 is 0. The third kappa shape index (κ3) is 1.53. The Morgan fingerprint density at radius 1 is 1.00 bits per heavy atom. The summed E-state index contributed by atoms with van der Waals surface area (Å²) in [7, 11) is 0. The highest BCUT2D eigenvalue weighted by molar-refractivity contribution is 5.12. The quantitative estimate of drug-likeness (QED) is 0.681. The van der Waals surface area contributed by atoms with Crippen molar-refractivity contribution < 1.29 is 10.2 Å². The Balaban J connectivity index is 1.93. The Bertz CT molecular complexity index is 338. The fourth-order valence-corrected chi connectivity index (χ4v) is 5.10. The molecule has 2 N–H and O–H groups in total. The average Bonchev–Trinajstić information content (AvgIpc) is 2.28. The van der Waals surface area contributed by atoms with Crippen LogP contribution in [0.5, 0.6) is 0 Å². The van der Waals surface area contributed by atoms with Crippen molar-refractivity contribution in [3.8, 4) is 0 Å². The highest BCUT2D eigenvalue weighted by Gasteiger charge is 2.61. The lowest BCUT2D eigenvalue weighted by Gasteiger charge is -2.58. The third-order valence-corrected chi connectivity index (χ3v) is 6.32. The van der Waals surface area contributed by atoms with E-state index in [2.05, 4.69) is 20.8 Å². The van der Waals surface area contributed by atoms with Gasteiger partial charge >= 0.3 is 0 Å². The van der Waals surface area contributed by atoms with Crippen LogP contribution in [0, 0.1) is 22.7 Å². The molecule has 2 heteroatoms. The van der Waals surface area contributed by atoms with E-state index in [1.54, 1.807) is 0 Å². The summed E-state index contributed by atoms with van der Waals surface area (Å²) in [5.41, 5.74) is -0.121. The maximum absolute atomic E-state index is 11.0. The van der Waals surface area contributed by atoms with Crippen LogP contribution in [0.2, 0.25) is 0 Å². The molecule has 5 atom stereocenters. The molecule has 2 nitrogen and oxygen atoms in total. The monoisotopic (exact) mass is 238 g/mol. The number of aliphatic hydroxyl groups excluding tert-OH is 1. The van der Waals surface area contributed by atoms with Gasteiger partial charge in [0.15, 0.2) is 0 Å². The summed E-state index contributed by atoms with van der Waals surface area (Å²) < 4.78 is 0. The van der Waals surface area contributed by atoms with Crippen molar-refractivity contribution in [2.45, 2.75) is 71.0 Å². The largest absolute Gasteiger partial charge is 0.393 e. The topological polar surface area (TPSA) is 40.5 Å². The summed E-state index contributed by atoms with van der Waals surface area (Å²) in [6, 6.07) is 0. The smallest absolute Gasteiger partial charge is 0.0686 e. The molecule has 17 heavy (non-hydrogen) atoms. The second kappa shape index (κ2) is 3.27. The predicted molar refractivity (Wildman–Crippen MR) is 67.5 cm³/mol. The molecule has 0 aliphatic heterocycles. The zero-order valence-electron chi connectivity index (χ0n) is 11.4. The summed E-state index contributed by atoms with van der Waals surface area (Å²) in [4.78, 5) is 0. The second-order valence-corrected chi connectivity index (χ2v) is 7.93. The standard InChI is InChI=1S/C15H26O2/c1-13(2)8-11-10(13)4-6-14(3)9-15(11,17)7-5-12(14)16/h10-12,16-17H,4-9H2,1-3H3/t10-,11-,12-,14-,15-/m1/s1. The normalized spacial score (nSPS) is 56.6. The molecule has 0 heterocycles. The predicted octanol–water partition coefficient (Wildman–Crippen LogP) is 2.72. The van der Waals surface area contributed by atoms with E-state index in [0.717, 1.165) is 25.7 Å². The van der Waals surface area contributed by atoms with Crippen LogP contribution in [0.3, 0.4) is 0 Å². The molecular weight excluding hydrogens is 212 g/mol. The van der Waals surface area contributed by atoms with Crippen LogP contribution in [0.1, 0.15) is 59.3 Å². The van der Waals surface area contributed by atoms with E-state index in [9.17, 15) is 10.2 Å². The van der Waals surface area contributed by atoms with Crippen LogP contribution >= 0.6 is 0 Å². The van der Waals surface area contributed by atoms with Gasteiger partial charge < -0.3 is 10.2 Å². The van der Waals surface area contributed by atoms with Gasteiger partial charge in [0.25, 0.3) is 0 Å². The average molecular weight is 238 g/mol. The van der Waals surface area contributed by atoms with Gasteiger partial charge in [0.2, 0.25) is 0 Å². The van der Waals surface area contributed by atoms with Crippen molar-refractivity contribution in [1.82, 2.24) is 0 Å². The minimum Gasteiger partial charge on any atom is -0.393 e. The molecule has 0 amide bonds. The number of fused-ring (bicyclic) bond motifs is 4. The molecule has 98 valence electrons. The molecule has 3 saturated carbocycles. The van der Waals surface area contributed by atoms with Crippen molar-refractivity contribution >= 4 is 0 Å². The highest BCUT2D eigenvalue weighted by atomic mass is 16.3. The number of hydrogen-bond acceptors (Lipinski definition) is 2. The number of rotatable bonds is 0. The molecule has 0 aromatic rings. The van der Waals surface area contributed by atoms with Gasteiger partial charge in [0, 0.05) is 0 Å². The van der Waals surface area contributed by atoms with E-state index in [1.165, 1.54) is 12.8 Å². The minimum atomic E-state index is -0.481. The first-order valence-corrected chi connectivity index (χ1v) is 7.17. The Hall–Kier alpha value is -0.0800. The van der Waals surface area contributed by atoms with Crippen LogP contribution < -0.4 is 0 Å². The van der Waals surface area contributed by atoms with Crippen molar-refractivity contribution in [3.63, 3.8) is 0 Å². The fraction of sp³-hybridized carbons (Fsp3) is 1.00. The number of hydrogen-bond donors (Lipinski definition) is 2. The van der Waals surface area contributed by atoms with Gasteiger partial charge in [-0.25, -0.2) is 0 Å². The minimum absolute atomic E-state index is 0.0413. The lowest BCUT2D eigenvalue weighted by Crippen LogP contribution is -2.57. The van der Waals surface area contributed by atoms with Crippen LogP contribution in [0.4, 0.5) is 0 Å². The molecule has 0 unspecified atom stereocenters. The first kappa shape index (κ1) is 12.0. The zero-order chi connectivity index (χ0) is 12.5. The van der Waals surface area contributed by atoms with Crippen LogP contribution in [0.15, 0.2) is 0 Å². The van der Waals surface area contributed by atoms with Crippen molar-refractivity contribution in [2.75, 3.05) is 0 Å². The first-order valence-electron chi connectivity index (χ1n) is 7.17. The Morgan fingerprint density at radius 3 is 2.35 bits per heavy atom.